The van der Waals surface area contributed by atoms with E-state index >= 15 is 0 Å². The zero-order valence-corrected chi connectivity index (χ0v) is 20.4. The Morgan fingerprint density at radius 2 is 1.85 bits per heavy atom. The van der Waals surface area contributed by atoms with Crippen molar-refractivity contribution >= 4 is 33.3 Å². The average molecular weight is 517 g/mol. The van der Waals surface area contributed by atoms with Gasteiger partial charge in [0.05, 0.1) is 5.92 Å². The molecule has 1 amide bonds. The molecule has 5 rings (SSSR count). The average Bonchev–Trinajstić information content (AvgIpc) is 3.36. The van der Waals surface area contributed by atoms with Crippen LogP contribution in [0.5, 0.6) is 0 Å². The van der Waals surface area contributed by atoms with Crippen LogP contribution >= 0.6 is 15.9 Å². The van der Waals surface area contributed by atoms with Crippen LogP contribution in [0.25, 0.3) is 17.2 Å². The van der Waals surface area contributed by atoms with Crippen molar-refractivity contribution in [3.63, 3.8) is 0 Å². The Hall–Kier alpha value is -3.52. The number of anilines is 2. The zero-order valence-electron chi connectivity index (χ0n) is 18.9. The first kappa shape index (κ1) is 22.3. The first-order valence-corrected chi connectivity index (χ1v) is 12.1. The van der Waals surface area contributed by atoms with E-state index in [1.807, 2.05) is 78.4 Å². The lowest BCUT2D eigenvalue weighted by atomic mass is 9.97. The van der Waals surface area contributed by atoms with E-state index in [0.717, 1.165) is 52.3 Å². The van der Waals surface area contributed by atoms with Gasteiger partial charge < -0.3 is 10.2 Å². The summed E-state index contributed by atoms with van der Waals surface area (Å²) in [6, 6.07) is 19.8. The standard InChI is InChI=1S/C26H25BrN6O/c1-18-16-21(27)9-10-22(18)29-26(34)20-8-5-14-32(17-20)23-11-12-24(31-30-23)33-15-13-28-25(33)19-6-3-2-4-7-19/h2-4,6-7,9-13,15-16,20H,5,8,14,17H2,1H3,(H,29,34). The Kier molecular flexibility index (Phi) is 6.40. The van der Waals surface area contributed by atoms with Gasteiger partial charge in [0, 0.05) is 41.2 Å². The molecular weight excluding hydrogens is 492 g/mol. The number of hydrogen-bond donors (Lipinski definition) is 1. The molecule has 34 heavy (non-hydrogen) atoms. The number of amides is 1. The predicted molar refractivity (Wildman–Crippen MR) is 137 cm³/mol. The number of halogens is 1. The van der Waals surface area contributed by atoms with Crippen molar-refractivity contribution in [2.24, 2.45) is 5.92 Å². The van der Waals surface area contributed by atoms with Crippen LogP contribution in [0.4, 0.5) is 11.5 Å². The van der Waals surface area contributed by atoms with Gasteiger partial charge in [0.1, 0.15) is 5.82 Å². The minimum atomic E-state index is -0.100. The monoisotopic (exact) mass is 516 g/mol. The van der Waals surface area contributed by atoms with Gasteiger partial charge >= 0.3 is 0 Å². The zero-order chi connectivity index (χ0) is 23.5. The van der Waals surface area contributed by atoms with Crippen LogP contribution in [-0.2, 0) is 4.79 Å². The molecule has 0 radical (unpaired) electrons. The van der Waals surface area contributed by atoms with Gasteiger partial charge in [0.15, 0.2) is 11.6 Å². The molecule has 1 fully saturated rings. The molecule has 2 aromatic carbocycles. The molecule has 172 valence electrons. The van der Waals surface area contributed by atoms with Gasteiger partial charge in [-0.05, 0) is 55.7 Å². The number of imidazole rings is 1. The number of nitrogens with zero attached hydrogens (tertiary/aromatic N) is 5. The molecule has 2 aromatic heterocycles. The summed E-state index contributed by atoms with van der Waals surface area (Å²) in [6.45, 7) is 3.47. The Bertz CT molecular complexity index is 1290. The second-order valence-electron chi connectivity index (χ2n) is 8.47. The van der Waals surface area contributed by atoms with Gasteiger partial charge in [-0.1, -0.05) is 46.3 Å². The van der Waals surface area contributed by atoms with Crippen molar-refractivity contribution in [3.05, 3.63) is 83.1 Å². The van der Waals surface area contributed by atoms with Crippen molar-refractivity contribution in [1.29, 1.82) is 0 Å². The highest BCUT2D eigenvalue weighted by molar-refractivity contribution is 9.10. The van der Waals surface area contributed by atoms with Crippen molar-refractivity contribution in [3.8, 4) is 17.2 Å². The number of benzene rings is 2. The molecule has 1 N–H and O–H groups in total. The Morgan fingerprint density at radius 3 is 2.62 bits per heavy atom. The van der Waals surface area contributed by atoms with E-state index in [2.05, 4.69) is 41.3 Å². The molecule has 1 unspecified atom stereocenters. The number of carbonyl (C=O) groups excluding carboxylic acids is 1. The van der Waals surface area contributed by atoms with E-state index in [1.165, 1.54) is 0 Å². The molecule has 4 aromatic rings. The summed E-state index contributed by atoms with van der Waals surface area (Å²) in [5, 5.41) is 12.0. The maximum atomic E-state index is 13.0. The second-order valence-corrected chi connectivity index (χ2v) is 9.39. The first-order valence-electron chi connectivity index (χ1n) is 11.3. The van der Waals surface area contributed by atoms with Crippen LogP contribution in [0.15, 0.2) is 77.5 Å². The van der Waals surface area contributed by atoms with Crippen molar-refractivity contribution < 1.29 is 4.79 Å². The lowest BCUT2D eigenvalue weighted by Gasteiger charge is -2.32. The predicted octanol–water partition coefficient (Wildman–Crippen LogP) is 5.26. The van der Waals surface area contributed by atoms with Crippen LogP contribution in [0.3, 0.4) is 0 Å². The summed E-state index contributed by atoms with van der Waals surface area (Å²) >= 11 is 3.47. The minimum Gasteiger partial charge on any atom is -0.354 e. The number of carbonyl (C=O) groups is 1. The van der Waals surface area contributed by atoms with E-state index in [9.17, 15) is 4.79 Å². The summed E-state index contributed by atoms with van der Waals surface area (Å²) in [7, 11) is 0. The van der Waals surface area contributed by atoms with E-state index in [1.54, 1.807) is 6.20 Å². The van der Waals surface area contributed by atoms with E-state index in [0.29, 0.717) is 12.4 Å². The lowest BCUT2D eigenvalue weighted by molar-refractivity contribution is -0.120. The summed E-state index contributed by atoms with van der Waals surface area (Å²) in [5.41, 5.74) is 2.90. The number of rotatable bonds is 5. The fourth-order valence-electron chi connectivity index (χ4n) is 4.31. The Labute approximate surface area is 207 Å². The molecule has 8 heteroatoms. The van der Waals surface area contributed by atoms with Gasteiger partial charge in [0.2, 0.25) is 5.91 Å². The second kappa shape index (κ2) is 9.77. The van der Waals surface area contributed by atoms with Crippen molar-refractivity contribution in [2.45, 2.75) is 19.8 Å². The van der Waals surface area contributed by atoms with Crippen LogP contribution in [0, 0.1) is 12.8 Å². The first-order chi connectivity index (χ1) is 16.6. The van der Waals surface area contributed by atoms with Crippen LogP contribution in [0.2, 0.25) is 0 Å². The quantitative estimate of drug-likeness (QED) is 0.391. The highest BCUT2D eigenvalue weighted by Gasteiger charge is 2.27. The normalized spacial score (nSPS) is 15.8. The Balaban J connectivity index is 1.29. The van der Waals surface area contributed by atoms with E-state index in [-0.39, 0.29) is 11.8 Å². The van der Waals surface area contributed by atoms with Gasteiger partial charge in [-0.3, -0.25) is 9.36 Å². The molecule has 1 saturated heterocycles. The number of hydrogen-bond acceptors (Lipinski definition) is 5. The van der Waals surface area contributed by atoms with Crippen LogP contribution in [0.1, 0.15) is 18.4 Å². The highest BCUT2D eigenvalue weighted by Crippen LogP contribution is 2.26. The van der Waals surface area contributed by atoms with Crippen LogP contribution in [-0.4, -0.2) is 38.7 Å². The molecule has 1 aliphatic rings. The van der Waals surface area contributed by atoms with Gasteiger partial charge in [-0.2, -0.15) is 0 Å². The smallest absolute Gasteiger partial charge is 0.229 e. The van der Waals surface area contributed by atoms with Crippen molar-refractivity contribution in [2.75, 3.05) is 23.3 Å². The Morgan fingerprint density at radius 1 is 1.06 bits per heavy atom. The third-order valence-corrected chi connectivity index (χ3v) is 6.61. The molecule has 0 bridgehead atoms. The summed E-state index contributed by atoms with van der Waals surface area (Å²) < 4.78 is 2.93. The molecule has 3 heterocycles. The summed E-state index contributed by atoms with van der Waals surface area (Å²) in [5.74, 6) is 2.25. The third kappa shape index (κ3) is 4.72. The topological polar surface area (TPSA) is 75.9 Å². The largest absolute Gasteiger partial charge is 0.354 e. The van der Waals surface area contributed by atoms with Crippen LogP contribution < -0.4 is 10.2 Å². The number of aryl methyl sites for hydroxylation is 1. The highest BCUT2D eigenvalue weighted by atomic mass is 79.9. The van der Waals surface area contributed by atoms with Gasteiger partial charge in [-0.15, -0.1) is 10.2 Å². The molecule has 0 spiro atoms. The fraction of sp³-hybridized carbons (Fsp3) is 0.231. The van der Waals surface area contributed by atoms with Gasteiger partial charge in [-0.25, -0.2) is 4.98 Å². The lowest BCUT2D eigenvalue weighted by Crippen LogP contribution is -2.41. The third-order valence-electron chi connectivity index (χ3n) is 6.12. The summed E-state index contributed by atoms with van der Waals surface area (Å²) in [6.07, 6.45) is 5.44. The van der Waals surface area contributed by atoms with Gasteiger partial charge in [0.25, 0.3) is 0 Å². The molecule has 0 aliphatic carbocycles. The fourth-order valence-corrected chi connectivity index (χ4v) is 4.78. The number of piperidine rings is 1. The molecule has 0 saturated carbocycles. The molecular formula is C26H25BrN6O. The van der Waals surface area contributed by atoms with E-state index in [4.69, 9.17) is 0 Å². The molecule has 1 atom stereocenters. The number of nitrogens with one attached hydrogen (secondary N) is 1. The molecule has 7 nitrogen and oxygen atoms in total. The SMILES string of the molecule is Cc1cc(Br)ccc1NC(=O)C1CCCN(c2ccc(-n3ccnc3-c3ccccc3)nn2)C1. The minimum absolute atomic E-state index is 0.0469. The maximum absolute atomic E-state index is 13.0. The summed E-state index contributed by atoms with van der Waals surface area (Å²) in [4.78, 5) is 19.6. The number of aromatic nitrogens is 4. The van der Waals surface area contributed by atoms with Crippen molar-refractivity contribution in [1.82, 2.24) is 19.7 Å². The molecule has 1 aliphatic heterocycles. The van der Waals surface area contributed by atoms with E-state index < -0.39 is 0 Å². The maximum Gasteiger partial charge on any atom is 0.229 e.